The van der Waals surface area contributed by atoms with Crippen LogP contribution in [0.3, 0.4) is 0 Å². The van der Waals surface area contributed by atoms with Crippen LogP contribution in [0.5, 0.6) is 11.5 Å². The van der Waals surface area contributed by atoms with E-state index in [4.69, 9.17) is 9.47 Å². The maximum absolute atomic E-state index is 12.7. The van der Waals surface area contributed by atoms with Gasteiger partial charge in [-0.05, 0) is 70.8 Å². The van der Waals surface area contributed by atoms with Crippen LogP contribution < -0.4 is 9.47 Å². The maximum atomic E-state index is 12.7. The second-order valence-corrected chi connectivity index (χ2v) is 10.8. The first kappa shape index (κ1) is 30.4. The number of carbonyl (C=O) groups is 2. The number of ether oxygens (including phenoxy) is 2. The fourth-order valence-electron chi connectivity index (χ4n) is 5.00. The minimum Gasteiger partial charge on any atom is -0.423 e. The van der Waals surface area contributed by atoms with Crippen LogP contribution in [-0.4, -0.2) is 22.2 Å². The van der Waals surface area contributed by atoms with Crippen molar-refractivity contribution in [3.8, 4) is 11.5 Å². The molecule has 0 amide bonds. The summed E-state index contributed by atoms with van der Waals surface area (Å²) in [6.45, 7) is 3.89. The summed E-state index contributed by atoms with van der Waals surface area (Å²) in [5, 5.41) is 21.4. The molecule has 0 aliphatic carbocycles. The van der Waals surface area contributed by atoms with Gasteiger partial charge in [0.2, 0.25) is 0 Å². The second-order valence-electron chi connectivity index (χ2n) is 10.8. The zero-order chi connectivity index (χ0) is 31.1. The molecule has 0 heterocycles. The van der Waals surface area contributed by atoms with Crippen LogP contribution in [0.2, 0.25) is 0 Å². The Bertz CT molecular complexity index is 1540. The Kier molecular flexibility index (Phi) is 9.65. The van der Waals surface area contributed by atoms with Crippen molar-refractivity contribution in [3.05, 3.63) is 167 Å². The van der Waals surface area contributed by atoms with Crippen molar-refractivity contribution < 1.29 is 29.3 Å². The van der Waals surface area contributed by atoms with Gasteiger partial charge < -0.3 is 19.7 Å². The molecule has 0 aromatic heterocycles. The van der Waals surface area contributed by atoms with Gasteiger partial charge in [0.15, 0.2) is 0 Å². The summed E-state index contributed by atoms with van der Waals surface area (Å²) in [4.78, 5) is 25.5. The summed E-state index contributed by atoms with van der Waals surface area (Å²) in [6, 6.07) is 39.1. The topological polar surface area (TPSA) is 93.1 Å². The highest BCUT2D eigenvalue weighted by Crippen LogP contribution is 2.32. The van der Waals surface area contributed by atoms with Crippen LogP contribution in [0.25, 0.3) is 0 Å². The summed E-state index contributed by atoms with van der Waals surface area (Å²) in [5.41, 5.74) is 4.08. The summed E-state index contributed by atoms with van der Waals surface area (Å²) in [5.74, 6) is -0.669. The Morgan fingerprint density at radius 1 is 0.455 bits per heavy atom. The van der Waals surface area contributed by atoms with Crippen LogP contribution in [0, 0.1) is 0 Å². The number of hydrogen-bond acceptors (Lipinski definition) is 6. The number of rotatable bonds is 10. The first-order valence-electron chi connectivity index (χ1n) is 14.5. The Labute approximate surface area is 257 Å². The Morgan fingerprint density at radius 2 is 0.773 bits per heavy atom. The fraction of sp³-hybridized carbons (Fsp3) is 0.158. The van der Waals surface area contributed by atoms with Crippen LogP contribution in [0.15, 0.2) is 133 Å². The number of esters is 2. The standard InChI is InChI=1S/C38H34O6/c1-25(35(39)29-9-5-3-6-10-29)27-17-21-33(22-18-27)43-37(41)31-13-15-32(16-14-31)38(42)44-34-23-19-28(20-24-34)26(2)36(40)30-11-7-4-8-12-30/h3-26,35-36,39-40H,1-2H3. The zero-order valence-corrected chi connectivity index (χ0v) is 24.5. The molecule has 5 aromatic carbocycles. The lowest BCUT2D eigenvalue weighted by Gasteiger charge is -2.20. The molecule has 0 aliphatic rings. The monoisotopic (exact) mass is 586 g/mol. The van der Waals surface area contributed by atoms with E-state index in [1.807, 2.05) is 98.8 Å². The lowest BCUT2D eigenvalue weighted by Crippen LogP contribution is -2.12. The Balaban J connectivity index is 1.15. The Hall–Kier alpha value is -5.04. The molecule has 0 fully saturated rings. The van der Waals surface area contributed by atoms with Crippen molar-refractivity contribution in [2.75, 3.05) is 0 Å². The molecule has 0 saturated carbocycles. The van der Waals surface area contributed by atoms with Gasteiger partial charge in [0.25, 0.3) is 0 Å². The zero-order valence-electron chi connectivity index (χ0n) is 24.5. The molecule has 5 aromatic rings. The van der Waals surface area contributed by atoms with Gasteiger partial charge >= 0.3 is 11.9 Å². The normalized spacial score (nSPS) is 13.7. The molecule has 4 unspecified atom stereocenters. The molecule has 0 radical (unpaired) electrons. The molecule has 222 valence electrons. The van der Waals surface area contributed by atoms with Crippen molar-refractivity contribution >= 4 is 11.9 Å². The van der Waals surface area contributed by atoms with E-state index in [-0.39, 0.29) is 23.0 Å². The molecule has 6 nitrogen and oxygen atoms in total. The number of benzene rings is 5. The van der Waals surface area contributed by atoms with Gasteiger partial charge in [-0.25, -0.2) is 9.59 Å². The van der Waals surface area contributed by atoms with E-state index in [9.17, 15) is 19.8 Å². The average molecular weight is 587 g/mol. The third-order valence-electron chi connectivity index (χ3n) is 7.82. The van der Waals surface area contributed by atoms with Gasteiger partial charge in [-0.1, -0.05) is 98.8 Å². The second kappa shape index (κ2) is 14.0. The van der Waals surface area contributed by atoms with Crippen molar-refractivity contribution in [1.82, 2.24) is 0 Å². The molecule has 0 spiro atoms. The minimum absolute atomic E-state index is 0.150. The highest BCUT2D eigenvalue weighted by Gasteiger charge is 2.20. The van der Waals surface area contributed by atoms with E-state index in [0.29, 0.717) is 11.5 Å². The molecule has 44 heavy (non-hydrogen) atoms. The summed E-state index contributed by atoms with van der Waals surface area (Å²) in [6.07, 6.45) is -1.31. The molecule has 0 saturated heterocycles. The van der Waals surface area contributed by atoms with Crippen molar-refractivity contribution in [3.63, 3.8) is 0 Å². The molecular formula is C38H34O6. The van der Waals surface area contributed by atoms with Crippen LogP contribution in [-0.2, 0) is 0 Å². The molecule has 2 N–H and O–H groups in total. The van der Waals surface area contributed by atoms with E-state index in [2.05, 4.69) is 0 Å². The SMILES string of the molecule is CC(c1ccc(OC(=O)c2ccc(C(=O)Oc3ccc(C(C)C(O)c4ccccc4)cc3)cc2)cc1)C(O)c1ccccc1. The molecule has 0 bridgehead atoms. The van der Waals surface area contributed by atoms with Gasteiger partial charge in [0.05, 0.1) is 23.3 Å². The number of aliphatic hydroxyl groups excluding tert-OH is 2. The lowest BCUT2D eigenvalue weighted by atomic mass is 9.91. The predicted molar refractivity (Wildman–Crippen MR) is 169 cm³/mol. The predicted octanol–water partition coefficient (Wildman–Crippen LogP) is 7.80. The van der Waals surface area contributed by atoms with Gasteiger partial charge in [0, 0.05) is 11.8 Å². The number of hydrogen-bond donors (Lipinski definition) is 2. The molecule has 4 atom stereocenters. The summed E-state index contributed by atoms with van der Waals surface area (Å²) < 4.78 is 11.0. The molecule has 0 aliphatic heterocycles. The third-order valence-corrected chi connectivity index (χ3v) is 7.82. The average Bonchev–Trinajstić information content (AvgIpc) is 3.08. The van der Waals surface area contributed by atoms with Crippen LogP contribution in [0.4, 0.5) is 0 Å². The van der Waals surface area contributed by atoms with Gasteiger partial charge in [0.1, 0.15) is 11.5 Å². The van der Waals surface area contributed by atoms with Gasteiger partial charge in [-0.2, -0.15) is 0 Å². The van der Waals surface area contributed by atoms with Crippen molar-refractivity contribution in [2.24, 2.45) is 0 Å². The van der Waals surface area contributed by atoms with Crippen molar-refractivity contribution in [2.45, 2.75) is 37.9 Å². The van der Waals surface area contributed by atoms with Crippen LogP contribution in [0.1, 0.15) is 80.9 Å². The van der Waals surface area contributed by atoms with E-state index in [0.717, 1.165) is 22.3 Å². The first-order chi connectivity index (χ1) is 21.3. The largest absolute Gasteiger partial charge is 0.423 e. The maximum Gasteiger partial charge on any atom is 0.343 e. The highest BCUT2D eigenvalue weighted by atomic mass is 16.5. The van der Waals surface area contributed by atoms with E-state index >= 15 is 0 Å². The molecular weight excluding hydrogens is 552 g/mol. The quantitative estimate of drug-likeness (QED) is 0.128. The third kappa shape index (κ3) is 7.29. The number of carbonyl (C=O) groups excluding carboxylic acids is 2. The van der Waals surface area contributed by atoms with Crippen molar-refractivity contribution in [1.29, 1.82) is 0 Å². The van der Waals surface area contributed by atoms with Gasteiger partial charge in [-0.15, -0.1) is 0 Å². The van der Waals surface area contributed by atoms with E-state index in [1.54, 1.807) is 24.3 Å². The highest BCUT2D eigenvalue weighted by molar-refractivity contribution is 5.94. The van der Waals surface area contributed by atoms with Crippen LogP contribution >= 0.6 is 0 Å². The summed E-state index contributed by atoms with van der Waals surface area (Å²) >= 11 is 0. The molecule has 5 rings (SSSR count). The van der Waals surface area contributed by atoms with E-state index in [1.165, 1.54) is 24.3 Å². The Morgan fingerprint density at radius 3 is 1.09 bits per heavy atom. The first-order valence-corrected chi connectivity index (χ1v) is 14.5. The minimum atomic E-state index is -0.656. The fourth-order valence-corrected chi connectivity index (χ4v) is 5.00. The van der Waals surface area contributed by atoms with Gasteiger partial charge in [-0.3, -0.25) is 0 Å². The molecule has 6 heteroatoms. The summed E-state index contributed by atoms with van der Waals surface area (Å²) in [7, 11) is 0. The lowest BCUT2D eigenvalue weighted by molar-refractivity contribution is 0.0720. The number of aliphatic hydroxyl groups is 2. The van der Waals surface area contributed by atoms with E-state index < -0.39 is 24.1 Å². The smallest absolute Gasteiger partial charge is 0.343 e.